The molecule has 0 saturated heterocycles. The van der Waals surface area contributed by atoms with Gasteiger partial charge in [-0.15, -0.1) is 0 Å². The highest BCUT2D eigenvalue weighted by Gasteiger charge is 2.10. The molecule has 5 heteroatoms. The Hall–Kier alpha value is -2.95. The summed E-state index contributed by atoms with van der Waals surface area (Å²) in [6, 6.07) is 13.3. The highest BCUT2D eigenvalue weighted by atomic mass is 16.5. The van der Waals surface area contributed by atoms with Gasteiger partial charge in [0, 0.05) is 34.7 Å². The summed E-state index contributed by atoms with van der Waals surface area (Å²) in [4.78, 5) is 4.38. The van der Waals surface area contributed by atoms with Gasteiger partial charge in [-0.05, 0) is 30.3 Å². The van der Waals surface area contributed by atoms with Crippen molar-refractivity contribution in [2.24, 2.45) is 0 Å². The smallest absolute Gasteiger partial charge is 0.162 e. The van der Waals surface area contributed by atoms with E-state index in [0.29, 0.717) is 17.2 Å². The molecular formula is C17H17N3O2. The average molecular weight is 295 g/mol. The van der Waals surface area contributed by atoms with Gasteiger partial charge in [-0.1, -0.05) is 6.07 Å². The fourth-order valence-corrected chi connectivity index (χ4v) is 2.35. The maximum atomic E-state index is 5.82. The molecule has 0 amide bonds. The fourth-order valence-electron chi connectivity index (χ4n) is 2.35. The summed E-state index contributed by atoms with van der Waals surface area (Å²) in [6.45, 7) is 0. The van der Waals surface area contributed by atoms with Crippen LogP contribution in [0.2, 0.25) is 0 Å². The van der Waals surface area contributed by atoms with E-state index in [4.69, 9.17) is 15.2 Å². The second kappa shape index (κ2) is 5.81. The van der Waals surface area contributed by atoms with Crippen molar-refractivity contribution < 1.29 is 9.47 Å². The van der Waals surface area contributed by atoms with Crippen LogP contribution < -0.4 is 20.5 Å². The van der Waals surface area contributed by atoms with Crippen LogP contribution in [0.5, 0.6) is 11.5 Å². The number of hydrogen-bond acceptors (Lipinski definition) is 5. The van der Waals surface area contributed by atoms with E-state index < -0.39 is 0 Å². The number of fused-ring (bicyclic) bond motifs is 1. The molecule has 0 radical (unpaired) electrons. The van der Waals surface area contributed by atoms with Gasteiger partial charge in [0.25, 0.3) is 0 Å². The molecule has 3 rings (SSSR count). The molecule has 112 valence electrons. The van der Waals surface area contributed by atoms with Crippen molar-refractivity contribution in [1.29, 1.82) is 0 Å². The predicted octanol–water partition coefficient (Wildman–Crippen LogP) is 3.58. The molecule has 0 aliphatic heterocycles. The van der Waals surface area contributed by atoms with Crippen molar-refractivity contribution in [1.82, 2.24) is 4.98 Å². The number of methoxy groups -OCH3 is 2. The Morgan fingerprint density at radius 3 is 2.50 bits per heavy atom. The SMILES string of the molecule is COc1cc2nccc(Nc3cccc(N)c3)c2cc1OC. The van der Waals surface area contributed by atoms with Crippen LogP contribution in [0.1, 0.15) is 0 Å². The molecule has 1 aromatic heterocycles. The van der Waals surface area contributed by atoms with Crippen LogP contribution in [0.3, 0.4) is 0 Å². The van der Waals surface area contributed by atoms with Crippen molar-refractivity contribution >= 4 is 28.0 Å². The molecule has 0 fully saturated rings. The topological polar surface area (TPSA) is 69.4 Å². The molecule has 0 atom stereocenters. The number of nitrogen functional groups attached to an aromatic ring is 1. The summed E-state index contributed by atoms with van der Waals surface area (Å²) in [5.41, 5.74) is 9.20. The number of anilines is 3. The van der Waals surface area contributed by atoms with Crippen LogP contribution >= 0.6 is 0 Å². The molecule has 3 aromatic rings. The summed E-state index contributed by atoms with van der Waals surface area (Å²) >= 11 is 0. The molecular weight excluding hydrogens is 278 g/mol. The lowest BCUT2D eigenvalue weighted by Gasteiger charge is -2.13. The quantitative estimate of drug-likeness (QED) is 0.720. The van der Waals surface area contributed by atoms with Gasteiger partial charge in [-0.25, -0.2) is 0 Å². The monoisotopic (exact) mass is 295 g/mol. The van der Waals surface area contributed by atoms with Gasteiger partial charge in [-0.3, -0.25) is 4.98 Å². The molecule has 22 heavy (non-hydrogen) atoms. The lowest BCUT2D eigenvalue weighted by atomic mass is 10.1. The Morgan fingerprint density at radius 1 is 1.00 bits per heavy atom. The fraction of sp³-hybridized carbons (Fsp3) is 0.118. The first-order chi connectivity index (χ1) is 10.7. The maximum Gasteiger partial charge on any atom is 0.162 e. The van der Waals surface area contributed by atoms with Crippen LogP contribution in [0.25, 0.3) is 10.9 Å². The van der Waals surface area contributed by atoms with E-state index in [2.05, 4.69) is 10.3 Å². The van der Waals surface area contributed by atoms with Gasteiger partial charge < -0.3 is 20.5 Å². The summed E-state index contributed by atoms with van der Waals surface area (Å²) in [7, 11) is 3.23. The van der Waals surface area contributed by atoms with Gasteiger partial charge in [0.2, 0.25) is 0 Å². The van der Waals surface area contributed by atoms with Crippen molar-refractivity contribution in [2.45, 2.75) is 0 Å². The van der Waals surface area contributed by atoms with Crippen molar-refractivity contribution in [2.75, 3.05) is 25.3 Å². The van der Waals surface area contributed by atoms with Crippen LogP contribution in [-0.4, -0.2) is 19.2 Å². The first kappa shape index (κ1) is 14.0. The minimum atomic E-state index is 0.656. The van der Waals surface area contributed by atoms with Gasteiger partial charge >= 0.3 is 0 Å². The van der Waals surface area contributed by atoms with E-state index in [1.54, 1.807) is 20.4 Å². The summed E-state index contributed by atoms with van der Waals surface area (Å²) in [5, 5.41) is 4.31. The third kappa shape index (κ3) is 2.61. The summed E-state index contributed by atoms with van der Waals surface area (Å²) < 4.78 is 10.7. The Morgan fingerprint density at radius 2 is 1.77 bits per heavy atom. The zero-order valence-electron chi connectivity index (χ0n) is 12.5. The summed E-state index contributed by atoms with van der Waals surface area (Å²) in [5.74, 6) is 1.32. The van der Waals surface area contributed by atoms with Crippen molar-refractivity contribution in [3.05, 3.63) is 48.7 Å². The number of hydrogen-bond donors (Lipinski definition) is 2. The summed E-state index contributed by atoms with van der Waals surface area (Å²) in [6.07, 6.45) is 1.75. The second-order valence-electron chi connectivity index (χ2n) is 4.83. The third-order valence-corrected chi connectivity index (χ3v) is 3.41. The highest BCUT2D eigenvalue weighted by Crippen LogP contribution is 2.35. The van der Waals surface area contributed by atoms with E-state index in [9.17, 15) is 0 Å². The number of nitrogens with one attached hydrogen (secondary N) is 1. The molecule has 0 unspecified atom stereocenters. The normalized spacial score (nSPS) is 10.5. The largest absolute Gasteiger partial charge is 0.493 e. The Labute approximate surface area is 128 Å². The molecule has 0 bridgehead atoms. The van der Waals surface area contributed by atoms with Gasteiger partial charge in [0.1, 0.15) is 0 Å². The highest BCUT2D eigenvalue weighted by molar-refractivity contribution is 5.95. The van der Waals surface area contributed by atoms with E-state index in [1.165, 1.54) is 0 Å². The maximum absolute atomic E-state index is 5.82. The number of nitrogens with zero attached hydrogens (tertiary/aromatic N) is 1. The van der Waals surface area contributed by atoms with Crippen LogP contribution in [0, 0.1) is 0 Å². The van der Waals surface area contributed by atoms with Gasteiger partial charge in [0.15, 0.2) is 11.5 Å². The molecule has 2 aromatic carbocycles. The minimum absolute atomic E-state index is 0.656. The van der Waals surface area contributed by atoms with Gasteiger partial charge in [0.05, 0.1) is 19.7 Å². The van der Waals surface area contributed by atoms with Gasteiger partial charge in [-0.2, -0.15) is 0 Å². The van der Waals surface area contributed by atoms with Crippen molar-refractivity contribution in [3.63, 3.8) is 0 Å². The number of nitrogens with two attached hydrogens (primary N) is 1. The number of rotatable bonds is 4. The van der Waals surface area contributed by atoms with E-state index in [-0.39, 0.29) is 0 Å². The molecule has 0 aliphatic rings. The van der Waals surface area contributed by atoms with Crippen LogP contribution in [0.15, 0.2) is 48.7 Å². The first-order valence-electron chi connectivity index (χ1n) is 6.84. The third-order valence-electron chi connectivity index (χ3n) is 3.41. The molecule has 3 N–H and O–H groups in total. The molecule has 0 saturated carbocycles. The lowest BCUT2D eigenvalue weighted by molar-refractivity contribution is 0.356. The molecule has 0 spiro atoms. The Bertz CT molecular complexity index is 818. The van der Waals surface area contributed by atoms with E-state index >= 15 is 0 Å². The van der Waals surface area contributed by atoms with E-state index in [0.717, 1.165) is 22.3 Å². The number of pyridine rings is 1. The Balaban J connectivity index is 2.09. The number of benzene rings is 2. The Kier molecular flexibility index (Phi) is 3.70. The molecule has 1 heterocycles. The zero-order valence-corrected chi connectivity index (χ0v) is 12.5. The van der Waals surface area contributed by atoms with E-state index in [1.807, 2.05) is 42.5 Å². The van der Waals surface area contributed by atoms with Crippen LogP contribution in [-0.2, 0) is 0 Å². The van der Waals surface area contributed by atoms with Crippen molar-refractivity contribution in [3.8, 4) is 11.5 Å². The standard InChI is InChI=1S/C17H17N3O2/c1-21-16-9-13-14(20-12-5-3-4-11(18)8-12)6-7-19-15(13)10-17(16)22-2/h3-10H,18H2,1-2H3,(H,19,20). The zero-order chi connectivity index (χ0) is 15.5. The lowest BCUT2D eigenvalue weighted by Crippen LogP contribution is -1.96. The minimum Gasteiger partial charge on any atom is -0.493 e. The first-order valence-corrected chi connectivity index (χ1v) is 6.84. The number of ether oxygens (including phenoxy) is 2. The average Bonchev–Trinajstić information content (AvgIpc) is 2.54. The second-order valence-corrected chi connectivity index (χ2v) is 4.83. The molecule has 0 aliphatic carbocycles. The predicted molar refractivity (Wildman–Crippen MR) is 89.0 cm³/mol. The molecule has 5 nitrogen and oxygen atoms in total. The van der Waals surface area contributed by atoms with Crippen LogP contribution in [0.4, 0.5) is 17.1 Å². The number of aromatic nitrogens is 1.